The molecule has 2 aromatic carbocycles. The predicted octanol–water partition coefficient (Wildman–Crippen LogP) is 4.23. The lowest BCUT2D eigenvalue weighted by Gasteiger charge is -2.46. The highest BCUT2D eigenvalue weighted by Crippen LogP contribution is 2.28. The second kappa shape index (κ2) is 11.8. The average Bonchev–Trinajstić information content (AvgIpc) is 2.88. The number of urea groups is 1. The van der Waals surface area contributed by atoms with Crippen LogP contribution in [0, 0.1) is 45.7 Å². The van der Waals surface area contributed by atoms with Crippen LogP contribution < -0.4 is 0 Å². The second-order valence-corrected chi connectivity index (χ2v) is 10.7. The average molecular weight is 561 g/mol. The van der Waals surface area contributed by atoms with E-state index in [2.05, 4.69) is 0 Å². The lowest BCUT2D eigenvalue weighted by molar-refractivity contribution is -0.385. The number of carbonyl (C=O) groups is 1. The number of carbonyl (C=O) groups excluding carboxylic acids is 1. The maximum Gasteiger partial charge on any atom is 0.320 e. The molecule has 0 radical (unpaired) electrons. The molecule has 0 aromatic heterocycles. The quantitative estimate of drug-likeness (QED) is 0.383. The fourth-order valence-corrected chi connectivity index (χ4v) is 5.74. The third-order valence-electron chi connectivity index (χ3n) is 8.10. The van der Waals surface area contributed by atoms with Crippen molar-refractivity contribution in [3.05, 3.63) is 78.4 Å². The van der Waals surface area contributed by atoms with Gasteiger partial charge in [0.05, 0.1) is 9.85 Å². The monoisotopic (exact) mass is 560 g/mol. The first-order valence-corrected chi connectivity index (χ1v) is 13.3. The number of piperazine rings is 2. The molecule has 216 valence electrons. The summed E-state index contributed by atoms with van der Waals surface area (Å²) in [4.78, 5) is 42.6. The molecule has 0 spiro atoms. The standard InChI is InChI=1S/C27H34F2N6O5/c1-17-13-30(15-21-19(3)25(34(37)38)7-5-23(21)28)9-11-32(17)27(36)33-12-10-31(14-18(33)2)16-22-20(4)26(35(39)40)8-6-24(22)29/h5-8,17-18H,9-16H2,1-4H3. The van der Waals surface area contributed by atoms with E-state index in [9.17, 15) is 33.8 Å². The summed E-state index contributed by atoms with van der Waals surface area (Å²) in [6.07, 6.45) is 0. The molecule has 2 amide bonds. The molecular weight excluding hydrogens is 526 g/mol. The van der Waals surface area contributed by atoms with Crippen molar-refractivity contribution in [3.8, 4) is 0 Å². The van der Waals surface area contributed by atoms with Gasteiger partial charge in [-0.15, -0.1) is 0 Å². The van der Waals surface area contributed by atoms with Crippen molar-refractivity contribution < 1.29 is 23.4 Å². The Bertz CT molecular complexity index is 1230. The number of hydrogen-bond acceptors (Lipinski definition) is 7. The SMILES string of the molecule is Cc1c([N+](=O)[O-])ccc(F)c1CN1CCN(C(=O)N2CCN(Cc3c(F)ccc([N+](=O)[O-])c3C)CC2C)C(C)C1. The second-order valence-electron chi connectivity index (χ2n) is 10.7. The van der Waals surface area contributed by atoms with E-state index in [1.807, 2.05) is 23.6 Å². The minimum Gasteiger partial charge on any atom is -0.319 e. The molecule has 40 heavy (non-hydrogen) atoms. The zero-order valence-corrected chi connectivity index (χ0v) is 23.1. The van der Waals surface area contributed by atoms with Crippen molar-refractivity contribution >= 4 is 17.4 Å². The van der Waals surface area contributed by atoms with Crippen molar-refractivity contribution in [2.45, 2.75) is 52.9 Å². The Hall–Kier alpha value is -3.71. The van der Waals surface area contributed by atoms with Gasteiger partial charge in [0.2, 0.25) is 0 Å². The molecular formula is C27H34F2N6O5. The van der Waals surface area contributed by atoms with Crippen LogP contribution in [-0.4, -0.2) is 86.8 Å². The third kappa shape index (κ3) is 5.89. The number of nitro benzene ring substituents is 2. The van der Waals surface area contributed by atoms with Crippen molar-refractivity contribution in [3.63, 3.8) is 0 Å². The Kier molecular flexibility index (Phi) is 8.64. The molecule has 0 bridgehead atoms. The van der Waals surface area contributed by atoms with Crippen LogP contribution in [-0.2, 0) is 13.1 Å². The maximum atomic E-state index is 14.5. The largest absolute Gasteiger partial charge is 0.320 e. The molecule has 4 rings (SSSR count). The van der Waals surface area contributed by atoms with E-state index < -0.39 is 21.5 Å². The van der Waals surface area contributed by atoms with Gasteiger partial charge in [-0.25, -0.2) is 13.6 Å². The van der Waals surface area contributed by atoms with Crippen LogP contribution in [0.25, 0.3) is 0 Å². The first-order valence-electron chi connectivity index (χ1n) is 13.3. The van der Waals surface area contributed by atoms with Gasteiger partial charge in [-0.1, -0.05) is 0 Å². The highest BCUT2D eigenvalue weighted by atomic mass is 19.1. The molecule has 0 saturated carbocycles. The van der Waals surface area contributed by atoms with Gasteiger partial charge in [0.15, 0.2) is 0 Å². The predicted molar refractivity (Wildman–Crippen MR) is 144 cm³/mol. The Morgan fingerprint density at radius 2 is 1.15 bits per heavy atom. The molecule has 11 nitrogen and oxygen atoms in total. The van der Waals surface area contributed by atoms with Crippen molar-refractivity contribution in [2.75, 3.05) is 39.3 Å². The van der Waals surface area contributed by atoms with Gasteiger partial charge in [-0.05, 0) is 39.8 Å². The Balaban J connectivity index is 1.36. The third-order valence-corrected chi connectivity index (χ3v) is 8.10. The first-order chi connectivity index (χ1) is 18.9. The highest BCUT2D eigenvalue weighted by Gasteiger charge is 2.35. The van der Waals surface area contributed by atoms with Gasteiger partial charge < -0.3 is 9.80 Å². The summed E-state index contributed by atoms with van der Waals surface area (Å²) < 4.78 is 29.1. The summed E-state index contributed by atoms with van der Waals surface area (Å²) in [5, 5.41) is 22.6. The number of benzene rings is 2. The zero-order valence-electron chi connectivity index (χ0n) is 23.1. The van der Waals surface area contributed by atoms with Crippen LogP contribution in [0.2, 0.25) is 0 Å². The van der Waals surface area contributed by atoms with Gasteiger partial charge in [0.25, 0.3) is 11.4 Å². The highest BCUT2D eigenvalue weighted by molar-refractivity contribution is 5.75. The zero-order chi connectivity index (χ0) is 29.3. The number of nitro groups is 2. The van der Waals surface area contributed by atoms with Crippen LogP contribution in [0.4, 0.5) is 25.0 Å². The van der Waals surface area contributed by atoms with E-state index in [1.165, 1.54) is 12.1 Å². The van der Waals surface area contributed by atoms with Crippen LogP contribution in [0.3, 0.4) is 0 Å². The van der Waals surface area contributed by atoms with Gasteiger partial charge in [-0.2, -0.15) is 0 Å². The van der Waals surface area contributed by atoms with Crippen LogP contribution in [0.1, 0.15) is 36.1 Å². The van der Waals surface area contributed by atoms with E-state index in [4.69, 9.17) is 0 Å². The van der Waals surface area contributed by atoms with Gasteiger partial charge in [-0.3, -0.25) is 30.0 Å². The first kappa shape index (κ1) is 29.3. The lowest BCUT2D eigenvalue weighted by Crippen LogP contribution is -2.61. The van der Waals surface area contributed by atoms with Gasteiger partial charge in [0.1, 0.15) is 11.6 Å². The molecule has 2 aromatic rings. The summed E-state index contributed by atoms with van der Waals surface area (Å²) in [7, 11) is 0. The number of rotatable bonds is 6. The van der Waals surface area contributed by atoms with Crippen molar-refractivity contribution in [1.82, 2.24) is 19.6 Å². The summed E-state index contributed by atoms with van der Waals surface area (Å²) in [6, 6.07) is 4.18. The summed E-state index contributed by atoms with van der Waals surface area (Å²) in [5.41, 5.74) is 0.971. The minimum absolute atomic E-state index is 0.102. The minimum atomic E-state index is -0.514. The molecule has 2 fully saturated rings. The van der Waals surface area contributed by atoms with E-state index in [0.29, 0.717) is 61.5 Å². The maximum absolute atomic E-state index is 14.5. The Labute approximate surface area is 231 Å². The van der Waals surface area contributed by atoms with Crippen molar-refractivity contribution in [2.24, 2.45) is 0 Å². The van der Waals surface area contributed by atoms with Crippen LogP contribution in [0.15, 0.2) is 24.3 Å². The normalized spacial score (nSPS) is 20.6. The molecule has 2 aliphatic heterocycles. The molecule has 2 heterocycles. The molecule has 2 aliphatic rings. The van der Waals surface area contributed by atoms with E-state index >= 15 is 0 Å². The van der Waals surface area contributed by atoms with E-state index in [1.54, 1.807) is 23.6 Å². The van der Waals surface area contributed by atoms with Gasteiger partial charge >= 0.3 is 6.03 Å². The number of hydrogen-bond donors (Lipinski definition) is 0. The Morgan fingerprint density at radius 3 is 1.48 bits per heavy atom. The van der Waals surface area contributed by atoms with Crippen LogP contribution >= 0.6 is 0 Å². The number of amides is 2. The smallest absolute Gasteiger partial charge is 0.319 e. The number of nitrogens with zero attached hydrogens (tertiary/aromatic N) is 6. The topological polar surface area (TPSA) is 116 Å². The molecule has 13 heteroatoms. The van der Waals surface area contributed by atoms with Crippen molar-refractivity contribution in [1.29, 1.82) is 0 Å². The molecule has 2 atom stereocenters. The fraction of sp³-hybridized carbons (Fsp3) is 0.519. The summed E-state index contributed by atoms with van der Waals surface area (Å²) >= 11 is 0. The van der Waals surface area contributed by atoms with E-state index in [0.717, 1.165) is 12.1 Å². The lowest BCUT2D eigenvalue weighted by atomic mass is 10.0. The molecule has 0 aliphatic carbocycles. The summed E-state index contributed by atoms with van der Waals surface area (Å²) in [6.45, 7) is 10.2. The molecule has 2 saturated heterocycles. The summed E-state index contributed by atoms with van der Waals surface area (Å²) in [5.74, 6) is -0.970. The molecule has 2 unspecified atom stereocenters. The van der Waals surface area contributed by atoms with Crippen LogP contribution in [0.5, 0.6) is 0 Å². The van der Waals surface area contributed by atoms with E-state index in [-0.39, 0.29) is 42.6 Å². The fourth-order valence-electron chi connectivity index (χ4n) is 5.74. The Morgan fingerprint density at radius 1 is 0.775 bits per heavy atom. The number of halogens is 2. The molecule has 0 N–H and O–H groups in total. The van der Waals surface area contributed by atoms with Gasteiger partial charge in [0, 0.05) is 98.8 Å².